The van der Waals surface area contributed by atoms with Crippen molar-refractivity contribution < 1.29 is 14.3 Å². The molecule has 19 heavy (non-hydrogen) atoms. The Kier molecular flexibility index (Phi) is 7.22. The monoisotopic (exact) mass is 393 g/mol. The summed E-state index contributed by atoms with van der Waals surface area (Å²) in [6, 6.07) is 6.62. The molecule has 0 bridgehead atoms. The smallest absolute Gasteiger partial charge is 0.328 e. The lowest BCUT2D eigenvalue weighted by atomic mass is 10.1. The Hall–Kier alpha value is -0.760. The molecule has 4 nitrogen and oxygen atoms in total. The molecule has 1 aromatic carbocycles. The van der Waals surface area contributed by atoms with Crippen LogP contribution < -0.4 is 5.32 Å². The third-order valence-electron chi connectivity index (χ3n) is 2.49. The predicted octanol–water partition coefficient (Wildman–Crippen LogP) is 2.32. The van der Waals surface area contributed by atoms with Crippen LogP contribution in [-0.2, 0) is 9.53 Å². The molecule has 0 aromatic heterocycles. The lowest BCUT2D eigenvalue weighted by molar-refractivity contribution is -0.142. The molecule has 1 atom stereocenters. The van der Waals surface area contributed by atoms with Gasteiger partial charge in [0, 0.05) is 9.13 Å². The van der Waals surface area contributed by atoms with Crippen molar-refractivity contribution in [3.63, 3.8) is 0 Å². The Bertz CT molecular complexity index is 453. The fourth-order valence-electron chi connectivity index (χ4n) is 1.50. The Labute approximate surface area is 130 Å². The van der Waals surface area contributed by atoms with Crippen LogP contribution in [0.25, 0.3) is 0 Å². The van der Waals surface area contributed by atoms with Gasteiger partial charge in [0.05, 0.1) is 7.11 Å². The standard InChI is InChI=1S/C13H16INO3S/c1-18-13(17)11(6-7-19-2)15-12(16)9-4-3-5-10(14)8-9/h3-5,8,11H,6-7H2,1-2H3,(H,15,16)/t11-/m1/s1. The van der Waals surface area contributed by atoms with E-state index in [1.165, 1.54) is 7.11 Å². The number of thioether (sulfide) groups is 1. The molecule has 6 heteroatoms. The third-order valence-corrected chi connectivity index (χ3v) is 3.80. The summed E-state index contributed by atoms with van der Waals surface area (Å²) >= 11 is 3.76. The molecule has 0 heterocycles. The van der Waals surface area contributed by atoms with Gasteiger partial charge in [-0.1, -0.05) is 6.07 Å². The zero-order valence-electron chi connectivity index (χ0n) is 10.8. The lowest BCUT2D eigenvalue weighted by Crippen LogP contribution is -2.41. The van der Waals surface area contributed by atoms with Gasteiger partial charge in [0.2, 0.25) is 0 Å². The summed E-state index contributed by atoms with van der Waals surface area (Å²) in [5, 5.41) is 2.72. The molecular weight excluding hydrogens is 377 g/mol. The molecule has 0 aliphatic rings. The molecule has 0 fully saturated rings. The number of rotatable bonds is 6. The van der Waals surface area contributed by atoms with E-state index >= 15 is 0 Å². The van der Waals surface area contributed by atoms with Crippen molar-refractivity contribution in [2.75, 3.05) is 19.1 Å². The molecule has 104 valence electrons. The number of carbonyl (C=O) groups is 2. The van der Waals surface area contributed by atoms with Gasteiger partial charge in [-0.25, -0.2) is 4.79 Å². The number of esters is 1. The highest BCUT2D eigenvalue weighted by atomic mass is 127. The molecule has 1 aromatic rings. The van der Waals surface area contributed by atoms with Gasteiger partial charge in [0.25, 0.3) is 5.91 Å². The van der Waals surface area contributed by atoms with Crippen molar-refractivity contribution >= 4 is 46.2 Å². The van der Waals surface area contributed by atoms with E-state index in [0.717, 1.165) is 9.32 Å². The van der Waals surface area contributed by atoms with Crippen molar-refractivity contribution in [2.24, 2.45) is 0 Å². The SMILES string of the molecule is COC(=O)[C@@H](CCSC)NC(=O)c1cccc(I)c1. The van der Waals surface area contributed by atoms with Gasteiger partial charge in [-0.15, -0.1) is 0 Å². The lowest BCUT2D eigenvalue weighted by Gasteiger charge is -2.16. The summed E-state index contributed by atoms with van der Waals surface area (Å²) < 4.78 is 5.68. The van der Waals surface area contributed by atoms with Crippen molar-refractivity contribution in [3.8, 4) is 0 Å². The average molecular weight is 393 g/mol. The maximum atomic E-state index is 12.1. The number of nitrogens with one attached hydrogen (secondary N) is 1. The highest BCUT2D eigenvalue weighted by molar-refractivity contribution is 14.1. The first kappa shape index (κ1) is 16.3. The molecule has 0 saturated heterocycles. The number of hydrogen-bond donors (Lipinski definition) is 1. The van der Waals surface area contributed by atoms with Crippen LogP contribution in [0.4, 0.5) is 0 Å². The Morgan fingerprint density at radius 3 is 2.79 bits per heavy atom. The quantitative estimate of drug-likeness (QED) is 0.596. The molecule has 1 N–H and O–H groups in total. The van der Waals surface area contributed by atoms with Crippen LogP contribution in [0.2, 0.25) is 0 Å². The number of halogens is 1. The van der Waals surface area contributed by atoms with E-state index in [-0.39, 0.29) is 5.91 Å². The minimum atomic E-state index is -0.595. The van der Waals surface area contributed by atoms with E-state index in [4.69, 9.17) is 4.74 Å². The van der Waals surface area contributed by atoms with Gasteiger partial charge in [-0.2, -0.15) is 11.8 Å². The second-order valence-electron chi connectivity index (χ2n) is 3.84. The summed E-state index contributed by atoms with van der Waals surface area (Å²) in [5.41, 5.74) is 0.546. The minimum Gasteiger partial charge on any atom is -0.467 e. The maximum Gasteiger partial charge on any atom is 0.328 e. The fraction of sp³-hybridized carbons (Fsp3) is 0.385. The molecule has 1 amide bonds. The highest BCUT2D eigenvalue weighted by Crippen LogP contribution is 2.09. The number of ether oxygens (including phenoxy) is 1. The highest BCUT2D eigenvalue weighted by Gasteiger charge is 2.21. The molecule has 1 rings (SSSR count). The predicted molar refractivity (Wildman–Crippen MR) is 85.4 cm³/mol. The largest absolute Gasteiger partial charge is 0.467 e. The fourth-order valence-corrected chi connectivity index (χ4v) is 2.51. The normalized spacial score (nSPS) is 11.7. The Morgan fingerprint density at radius 2 is 2.21 bits per heavy atom. The summed E-state index contributed by atoms with van der Waals surface area (Å²) in [4.78, 5) is 23.7. The number of benzene rings is 1. The molecule has 0 saturated carbocycles. The number of carbonyl (C=O) groups excluding carboxylic acids is 2. The third kappa shape index (κ3) is 5.40. The van der Waals surface area contributed by atoms with Crippen LogP contribution in [0.15, 0.2) is 24.3 Å². The van der Waals surface area contributed by atoms with Gasteiger partial charge in [-0.05, 0) is 59.2 Å². The summed E-state index contributed by atoms with van der Waals surface area (Å²) in [5.74, 6) is 0.120. The summed E-state index contributed by atoms with van der Waals surface area (Å²) in [7, 11) is 1.33. The van der Waals surface area contributed by atoms with E-state index in [0.29, 0.717) is 12.0 Å². The summed E-state index contributed by atoms with van der Waals surface area (Å²) in [6.45, 7) is 0. The van der Waals surface area contributed by atoms with Crippen molar-refractivity contribution in [1.29, 1.82) is 0 Å². The first-order chi connectivity index (χ1) is 9.08. The van der Waals surface area contributed by atoms with Crippen molar-refractivity contribution in [2.45, 2.75) is 12.5 Å². The number of hydrogen-bond acceptors (Lipinski definition) is 4. The number of amides is 1. The second kappa shape index (κ2) is 8.42. The van der Waals surface area contributed by atoms with Crippen molar-refractivity contribution in [1.82, 2.24) is 5.32 Å². The van der Waals surface area contributed by atoms with E-state index in [2.05, 4.69) is 27.9 Å². The topological polar surface area (TPSA) is 55.4 Å². The first-order valence-corrected chi connectivity index (χ1v) is 8.19. The molecule has 0 unspecified atom stereocenters. The summed E-state index contributed by atoms with van der Waals surface area (Å²) in [6.07, 6.45) is 2.51. The van der Waals surface area contributed by atoms with Crippen LogP contribution >= 0.6 is 34.4 Å². The van der Waals surface area contributed by atoms with Gasteiger partial charge >= 0.3 is 5.97 Å². The van der Waals surface area contributed by atoms with E-state index < -0.39 is 12.0 Å². The van der Waals surface area contributed by atoms with Crippen LogP contribution in [0.5, 0.6) is 0 Å². The molecule has 0 aliphatic heterocycles. The first-order valence-electron chi connectivity index (χ1n) is 5.71. The second-order valence-corrected chi connectivity index (χ2v) is 6.07. The van der Waals surface area contributed by atoms with Gasteiger partial charge in [-0.3, -0.25) is 4.79 Å². The zero-order chi connectivity index (χ0) is 14.3. The van der Waals surface area contributed by atoms with E-state index in [1.807, 2.05) is 18.4 Å². The Morgan fingerprint density at radius 1 is 1.47 bits per heavy atom. The van der Waals surface area contributed by atoms with Crippen molar-refractivity contribution in [3.05, 3.63) is 33.4 Å². The van der Waals surface area contributed by atoms with E-state index in [1.54, 1.807) is 23.9 Å². The van der Waals surface area contributed by atoms with Crippen LogP contribution in [0, 0.1) is 3.57 Å². The van der Waals surface area contributed by atoms with Gasteiger partial charge in [0.15, 0.2) is 0 Å². The van der Waals surface area contributed by atoms with Crippen LogP contribution in [0.1, 0.15) is 16.8 Å². The minimum absolute atomic E-state index is 0.255. The zero-order valence-corrected chi connectivity index (χ0v) is 13.8. The average Bonchev–Trinajstić information content (AvgIpc) is 2.42. The van der Waals surface area contributed by atoms with Crippen LogP contribution in [0.3, 0.4) is 0 Å². The van der Waals surface area contributed by atoms with Gasteiger partial charge < -0.3 is 10.1 Å². The molecule has 0 radical (unpaired) electrons. The van der Waals surface area contributed by atoms with E-state index in [9.17, 15) is 9.59 Å². The molecule has 0 aliphatic carbocycles. The van der Waals surface area contributed by atoms with Gasteiger partial charge in [0.1, 0.15) is 6.04 Å². The molecular formula is C13H16INO3S. The van der Waals surface area contributed by atoms with Crippen LogP contribution in [-0.4, -0.2) is 37.0 Å². The number of methoxy groups -OCH3 is 1. The Balaban J connectivity index is 2.72. The molecule has 0 spiro atoms. The maximum absolute atomic E-state index is 12.1.